The van der Waals surface area contributed by atoms with Crippen molar-refractivity contribution in [2.24, 2.45) is 5.92 Å². The van der Waals surface area contributed by atoms with E-state index in [9.17, 15) is 0 Å². The Hall–Kier alpha value is -0.0400. The van der Waals surface area contributed by atoms with Crippen molar-refractivity contribution in [3.8, 4) is 0 Å². The van der Waals surface area contributed by atoms with E-state index in [-0.39, 0.29) is 0 Å². The monoisotopic (exact) mass is 97.1 g/mol. The van der Waals surface area contributed by atoms with Crippen LogP contribution in [-0.4, -0.2) is 6.10 Å². The van der Waals surface area contributed by atoms with E-state index in [2.05, 4.69) is 0 Å². The molecule has 39 valence electrons. The average molecular weight is 97.1 g/mol. The smallest absolute Gasteiger partial charge is 0.113 e. The van der Waals surface area contributed by atoms with Crippen LogP contribution in [-0.2, 0) is 4.74 Å². The maximum absolute atomic E-state index is 4.99. The van der Waals surface area contributed by atoms with Gasteiger partial charge in [0.2, 0.25) is 0 Å². The SMILES string of the molecule is [CH]1OC1C1CCC1. The fourth-order valence-corrected chi connectivity index (χ4v) is 1.04. The van der Waals surface area contributed by atoms with Gasteiger partial charge in [-0.25, -0.2) is 0 Å². The van der Waals surface area contributed by atoms with Crippen molar-refractivity contribution in [2.45, 2.75) is 25.4 Å². The number of rotatable bonds is 1. The lowest BCUT2D eigenvalue weighted by Crippen LogP contribution is -2.16. The highest BCUT2D eigenvalue weighted by Crippen LogP contribution is 2.38. The summed E-state index contributed by atoms with van der Waals surface area (Å²) in [5.74, 6) is 0.917. The van der Waals surface area contributed by atoms with Crippen LogP contribution in [0.1, 0.15) is 19.3 Å². The van der Waals surface area contributed by atoms with Gasteiger partial charge in [-0.15, -0.1) is 0 Å². The molecular weight excluding hydrogens is 88.1 g/mol. The molecule has 0 bridgehead atoms. The summed E-state index contributed by atoms with van der Waals surface area (Å²) in [5, 5.41) is 0. The van der Waals surface area contributed by atoms with Crippen molar-refractivity contribution in [1.29, 1.82) is 0 Å². The number of ether oxygens (including phenoxy) is 1. The van der Waals surface area contributed by atoms with Crippen molar-refractivity contribution in [3.05, 3.63) is 6.61 Å². The third kappa shape index (κ3) is 0.556. The molecule has 1 atom stereocenters. The van der Waals surface area contributed by atoms with Crippen LogP contribution in [0.2, 0.25) is 0 Å². The lowest BCUT2D eigenvalue weighted by molar-refractivity contribution is 0.233. The second kappa shape index (κ2) is 1.22. The molecule has 0 N–H and O–H groups in total. The molecule has 1 heteroatoms. The minimum absolute atomic E-state index is 0.578. The van der Waals surface area contributed by atoms with Gasteiger partial charge in [-0.1, -0.05) is 6.42 Å². The van der Waals surface area contributed by atoms with Gasteiger partial charge >= 0.3 is 0 Å². The number of hydrogen-bond donors (Lipinski definition) is 0. The second-order valence-corrected chi connectivity index (χ2v) is 2.43. The standard InChI is InChI=1S/C6H9O/c1-2-5(3-1)6-4-7-6/h4-6H,1-3H2. The maximum atomic E-state index is 4.99. The van der Waals surface area contributed by atoms with E-state index in [1.807, 2.05) is 6.61 Å². The van der Waals surface area contributed by atoms with Crippen molar-refractivity contribution >= 4 is 0 Å². The molecule has 0 aromatic heterocycles. The molecule has 1 saturated heterocycles. The van der Waals surface area contributed by atoms with E-state index in [0.717, 1.165) is 5.92 Å². The summed E-state index contributed by atoms with van der Waals surface area (Å²) in [5.41, 5.74) is 0. The van der Waals surface area contributed by atoms with Gasteiger partial charge in [-0.2, -0.15) is 0 Å². The fourth-order valence-electron chi connectivity index (χ4n) is 1.04. The Labute approximate surface area is 43.7 Å². The van der Waals surface area contributed by atoms with E-state index < -0.39 is 0 Å². The zero-order valence-electron chi connectivity index (χ0n) is 4.26. The molecule has 0 amide bonds. The lowest BCUT2D eigenvalue weighted by atomic mass is 9.83. The van der Waals surface area contributed by atoms with Gasteiger partial charge in [0.25, 0.3) is 0 Å². The lowest BCUT2D eigenvalue weighted by Gasteiger charge is -2.22. The molecule has 1 nitrogen and oxygen atoms in total. The molecule has 1 aliphatic carbocycles. The van der Waals surface area contributed by atoms with E-state index in [1.165, 1.54) is 19.3 Å². The van der Waals surface area contributed by atoms with Crippen LogP contribution in [0.5, 0.6) is 0 Å². The van der Waals surface area contributed by atoms with E-state index in [1.54, 1.807) is 0 Å². The summed E-state index contributed by atoms with van der Waals surface area (Å²) in [7, 11) is 0. The van der Waals surface area contributed by atoms with Gasteiger partial charge in [0.15, 0.2) is 0 Å². The first-order chi connectivity index (χ1) is 3.47. The molecule has 1 aliphatic heterocycles. The van der Waals surface area contributed by atoms with E-state index in [4.69, 9.17) is 4.74 Å². The van der Waals surface area contributed by atoms with Crippen LogP contribution in [0.25, 0.3) is 0 Å². The first kappa shape index (κ1) is 3.90. The summed E-state index contributed by atoms with van der Waals surface area (Å²) < 4.78 is 4.99. The van der Waals surface area contributed by atoms with Crippen molar-refractivity contribution < 1.29 is 4.74 Å². The third-order valence-corrected chi connectivity index (χ3v) is 1.91. The summed E-state index contributed by atoms with van der Waals surface area (Å²) in [6.07, 6.45) is 4.81. The summed E-state index contributed by atoms with van der Waals surface area (Å²) in [6, 6.07) is 0. The summed E-state index contributed by atoms with van der Waals surface area (Å²) in [6.45, 7) is 1.95. The first-order valence-corrected chi connectivity index (χ1v) is 2.95. The molecule has 2 aliphatic rings. The highest BCUT2D eigenvalue weighted by Gasteiger charge is 2.36. The van der Waals surface area contributed by atoms with Crippen LogP contribution in [0.4, 0.5) is 0 Å². The molecule has 1 radical (unpaired) electrons. The van der Waals surface area contributed by atoms with Gasteiger partial charge in [-0.3, -0.25) is 0 Å². The third-order valence-electron chi connectivity index (χ3n) is 1.91. The topological polar surface area (TPSA) is 12.5 Å². The van der Waals surface area contributed by atoms with Crippen molar-refractivity contribution in [3.63, 3.8) is 0 Å². The molecule has 0 aromatic rings. The largest absolute Gasteiger partial charge is 0.366 e. The Bertz CT molecular complexity index is 72.2. The predicted octanol–water partition coefficient (Wildman–Crippen LogP) is 1.35. The van der Waals surface area contributed by atoms with Gasteiger partial charge in [0, 0.05) is 0 Å². The van der Waals surface area contributed by atoms with Crippen LogP contribution in [0.3, 0.4) is 0 Å². The highest BCUT2D eigenvalue weighted by molar-refractivity contribution is 4.93. The summed E-state index contributed by atoms with van der Waals surface area (Å²) >= 11 is 0. The second-order valence-electron chi connectivity index (χ2n) is 2.43. The van der Waals surface area contributed by atoms with E-state index >= 15 is 0 Å². The Kier molecular flexibility index (Phi) is 0.680. The predicted molar refractivity (Wildman–Crippen MR) is 26.5 cm³/mol. The Balaban J connectivity index is 1.83. The van der Waals surface area contributed by atoms with Gasteiger partial charge < -0.3 is 4.74 Å². The molecule has 7 heavy (non-hydrogen) atoms. The minimum atomic E-state index is 0.578. The minimum Gasteiger partial charge on any atom is -0.366 e. The molecule has 2 fully saturated rings. The zero-order chi connectivity index (χ0) is 4.69. The van der Waals surface area contributed by atoms with Crippen molar-refractivity contribution in [2.75, 3.05) is 0 Å². The Morgan fingerprint density at radius 3 is 2.29 bits per heavy atom. The van der Waals surface area contributed by atoms with Gasteiger partial charge in [0.05, 0.1) is 6.10 Å². The molecule has 2 rings (SSSR count). The number of hydrogen-bond acceptors (Lipinski definition) is 1. The molecule has 1 saturated carbocycles. The zero-order valence-corrected chi connectivity index (χ0v) is 4.26. The van der Waals surface area contributed by atoms with Gasteiger partial charge in [-0.05, 0) is 18.8 Å². The van der Waals surface area contributed by atoms with Crippen LogP contribution in [0, 0.1) is 12.5 Å². The average Bonchev–Trinajstić information content (AvgIpc) is 2.10. The van der Waals surface area contributed by atoms with Crippen molar-refractivity contribution in [1.82, 2.24) is 0 Å². The van der Waals surface area contributed by atoms with Gasteiger partial charge in [0.1, 0.15) is 6.61 Å². The maximum Gasteiger partial charge on any atom is 0.113 e. The normalized spacial score (nSPS) is 40.3. The molecule has 1 unspecified atom stereocenters. The Morgan fingerprint density at radius 1 is 1.43 bits per heavy atom. The first-order valence-electron chi connectivity index (χ1n) is 2.95. The quantitative estimate of drug-likeness (QED) is 0.450. The van der Waals surface area contributed by atoms with Crippen LogP contribution in [0.15, 0.2) is 0 Å². The molecule has 0 spiro atoms. The number of epoxide rings is 1. The molecule has 1 heterocycles. The summed E-state index contributed by atoms with van der Waals surface area (Å²) in [4.78, 5) is 0. The molecule has 0 aromatic carbocycles. The van der Waals surface area contributed by atoms with E-state index in [0.29, 0.717) is 6.10 Å². The fraction of sp³-hybridized carbons (Fsp3) is 0.833. The Morgan fingerprint density at radius 2 is 2.14 bits per heavy atom. The molecular formula is C6H9O. The van der Waals surface area contributed by atoms with Crippen LogP contribution < -0.4 is 0 Å². The van der Waals surface area contributed by atoms with Crippen LogP contribution >= 0.6 is 0 Å². The highest BCUT2D eigenvalue weighted by atomic mass is 16.6.